The van der Waals surface area contributed by atoms with Crippen LogP contribution >= 0.6 is 0 Å². The van der Waals surface area contributed by atoms with Crippen molar-refractivity contribution in [1.82, 2.24) is 14.0 Å². The van der Waals surface area contributed by atoms with Crippen LogP contribution in [0, 0.1) is 17.2 Å². The Kier molecular flexibility index (Phi) is 6.00. The van der Waals surface area contributed by atoms with Gasteiger partial charge in [-0.2, -0.15) is 5.26 Å². The highest BCUT2D eigenvalue weighted by Crippen LogP contribution is 2.20. The van der Waals surface area contributed by atoms with Crippen LogP contribution in [-0.2, 0) is 27.2 Å². The topological polar surface area (TPSA) is 83.1 Å². The summed E-state index contributed by atoms with van der Waals surface area (Å²) >= 11 is 0. The fraction of sp³-hybridized carbons (Fsp3) is 0.476. The first-order valence-corrected chi connectivity index (χ1v) is 9.65. The molecule has 28 heavy (non-hydrogen) atoms. The molecule has 1 aromatic heterocycles. The largest absolute Gasteiger partial charge is 0.366 e. The van der Waals surface area contributed by atoms with Gasteiger partial charge in [-0.3, -0.25) is 18.8 Å². The average molecular weight is 381 g/mol. The lowest BCUT2D eigenvalue weighted by Crippen LogP contribution is -2.39. The van der Waals surface area contributed by atoms with Crippen LogP contribution in [0.2, 0.25) is 0 Å². The van der Waals surface area contributed by atoms with Crippen molar-refractivity contribution in [2.75, 3.05) is 18.4 Å². The van der Waals surface area contributed by atoms with Gasteiger partial charge >= 0.3 is 5.69 Å². The molecule has 2 aromatic rings. The second-order valence-electron chi connectivity index (χ2n) is 7.65. The first-order valence-electron chi connectivity index (χ1n) is 9.65. The molecule has 0 bridgehead atoms. The van der Waals surface area contributed by atoms with Crippen LogP contribution in [0.15, 0.2) is 33.9 Å². The second-order valence-corrected chi connectivity index (χ2v) is 7.65. The third kappa shape index (κ3) is 4.02. The number of hydrogen-bond acceptors (Lipinski definition) is 5. The zero-order chi connectivity index (χ0) is 20.3. The van der Waals surface area contributed by atoms with E-state index in [4.69, 9.17) is 0 Å². The lowest BCUT2D eigenvalue weighted by molar-refractivity contribution is 0.176. The van der Waals surface area contributed by atoms with E-state index in [2.05, 4.69) is 23.2 Å². The van der Waals surface area contributed by atoms with Crippen LogP contribution < -0.4 is 16.6 Å². The predicted molar refractivity (Wildman–Crippen MR) is 109 cm³/mol. The summed E-state index contributed by atoms with van der Waals surface area (Å²) in [6, 6.07) is 10.1. The highest BCUT2D eigenvalue weighted by molar-refractivity contribution is 5.51. The zero-order valence-electron chi connectivity index (χ0n) is 16.7. The lowest BCUT2D eigenvalue weighted by atomic mass is 9.99. The van der Waals surface area contributed by atoms with Gasteiger partial charge in [0.25, 0.3) is 5.56 Å². The molecular weight excluding hydrogens is 354 g/mol. The molecule has 1 unspecified atom stereocenters. The van der Waals surface area contributed by atoms with E-state index in [-0.39, 0.29) is 11.4 Å². The summed E-state index contributed by atoms with van der Waals surface area (Å²) in [5.41, 5.74) is 1.23. The first kappa shape index (κ1) is 19.9. The van der Waals surface area contributed by atoms with Crippen molar-refractivity contribution in [3.05, 3.63) is 61.8 Å². The SMILES string of the molecule is CC1CCCN(Cc2ccccc2CNc2c(C#N)c(=O)n(C)c(=O)n2C)C1. The van der Waals surface area contributed by atoms with Gasteiger partial charge in [-0.05, 0) is 36.4 Å². The number of nitrogens with zero attached hydrogens (tertiary/aromatic N) is 4. The Hall–Kier alpha value is -2.85. The number of nitrogens with one attached hydrogen (secondary N) is 1. The van der Waals surface area contributed by atoms with Crippen molar-refractivity contribution < 1.29 is 0 Å². The van der Waals surface area contributed by atoms with E-state index in [0.717, 1.165) is 29.8 Å². The molecule has 2 heterocycles. The Morgan fingerprint density at radius 1 is 1.18 bits per heavy atom. The van der Waals surface area contributed by atoms with E-state index in [1.807, 2.05) is 24.3 Å². The van der Waals surface area contributed by atoms with Gasteiger partial charge < -0.3 is 5.32 Å². The Morgan fingerprint density at radius 3 is 2.57 bits per heavy atom. The Labute approximate surface area is 164 Å². The normalized spacial score (nSPS) is 17.3. The summed E-state index contributed by atoms with van der Waals surface area (Å²) in [7, 11) is 2.94. The molecule has 0 saturated carbocycles. The van der Waals surface area contributed by atoms with Crippen molar-refractivity contribution in [3.8, 4) is 6.07 Å². The van der Waals surface area contributed by atoms with Gasteiger partial charge in [0.2, 0.25) is 0 Å². The van der Waals surface area contributed by atoms with Crippen LogP contribution in [0.1, 0.15) is 36.5 Å². The van der Waals surface area contributed by atoms with Gasteiger partial charge in [-0.25, -0.2) is 4.79 Å². The van der Waals surface area contributed by atoms with Crippen LogP contribution in [-0.4, -0.2) is 27.1 Å². The van der Waals surface area contributed by atoms with Crippen molar-refractivity contribution in [3.63, 3.8) is 0 Å². The van der Waals surface area contributed by atoms with Crippen molar-refractivity contribution in [1.29, 1.82) is 5.26 Å². The minimum absolute atomic E-state index is 0.0491. The Balaban J connectivity index is 1.84. The standard InChI is InChI=1S/C21H27N5O2/c1-15-7-6-10-26(13-15)14-17-9-5-4-8-16(17)12-23-19-18(11-22)20(27)25(3)21(28)24(19)2/h4-5,8-9,15,23H,6-7,10,12-14H2,1-3H3. The molecule has 1 N–H and O–H groups in total. The molecule has 7 nitrogen and oxygen atoms in total. The summed E-state index contributed by atoms with van der Waals surface area (Å²) in [4.78, 5) is 26.9. The quantitative estimate of drug-likeness (QED) is 0.854. The molecular formula is C21H27N5O2. The van der Waals surface area contributed by atoms with Gasteiger partial charge in [0, 0.05) is 33.7 Å². The molecule has 0 aliphatic carbocycles. The van der Waals surface area contributed by atoms with Gasteiger partial charge in [0.05, 0.1) is 0 Å². The highest BCUT2D eigenvalue weighted by atomic mass is 16.2. The maximum absolute atomic E-state index is 12.2. The fourth-order valence-corrected chi connectivity index (χ4v) is 3.89. The first-order chi connectivity index (χ1) is 13.4. The van der Waals surface area contributed by atoms with Crippen LogP contribution in [0.5, 0.6) is 0 Å². The minimum Gasteiger partial charge on any atom is -0.366 e. The molecule has 1 saturated heterocycles. The summed E-state index contributed by atoms with van der Waals surface area (Å²) < 4.78 is 2.27. The summed E-state index contributed by atoms with van der Waals surface area (Å²) in [6.45, 7) is 5.81. The molecule has 3 rings (SSSR count). The van der Waals surface area contributed by atoms with E-state index in [1.165, 1.54) is 30.0 Å². The number of anilines is 1. The van der Waals surface area contributed by atoms with Crippen molar-refractivity contribution >= 4 is 5.82 Å². The van der Waals surface area contributed by atoms with Crippen LogP contribution in [0.3, 0.4) is 0 Å². The number of benzene rings is 1. The fourth-order valence-electron chi connectivity index (χ4n) is 3.89. The number of piperidine rings is 1. The van der Waals surface area contributed by atoms with Gasteiger partial charge in [-0.1, -0.05) is 31.2 Å². The van der Waals surface area contributed by atoms with E-state index in [0.29, 0.717) is 12.5 Å². The average Bonchev–Trinajstić information content (AvgIpc) is 2.69. The Morgan fingerprint density at radius 2 is 1.89 bits per heavy atom. The predicted octanol–water partition coefficient (Wildman–Crippen LogP) is 1.80. The molecule has 7 heteroatoms. The molecule has 0 amide bonds. The number of nitriles is 1. The maximum atomic E-state index is 12.2. The molecule has 148 valence electrons. The van der Waals surface area contributed by atoms with E-state index >= 15 is 0 Å². The highest BCUT2D eigenvalue weighted by Gasteiger charge is 2.18. The summed E-state index contributed by atoms with van der Waals surface area (Å²) in [5.74, 6) is 0.976. The summed E-state index contributed by atoms with van der Waals surface area (Å²) in [6.07, 6.45) is 2.51. The number of likely N-dealkylation sites (tertiary alicyclic amines) is 1. The van der Waals surface area contributed by atoms with E-state index < -0.39 is 11.2 Å². The van der Waals surface area contributed by atoms with Crippen molar-refractivity contribution in [2.24, 2.45) is 20.0 Å². The van der Waals surface area contributed by atoms with E-state index in [1.54, 1.807) is 7.05 Å². The molecule has 1 aliphatic rings. The molecule has 1 aliphatic heterocycles. The van der Waals surface area contributed by atoms with Gasteiger partial charge in [-0.15, -0.1) is 0 Å². The smallest absolute Gasteiger partial charge is 0.332 e. The lowest BCUT2D eigenvalue weighted by Gasteiger charge is -2.31. The number of rotatable bonds is 5. The number of hydrogen-bond donors (Lipinski definition) is 1. The molecule has 1 fully saturated rings. The minimum atomic E-state index is -0.580. The van der Waals surface area contributed by atoms with Gasteiger partial charge in [0.1, 0.15) is 11.9 Å². The zero-order valence-corrected chi connectivity index (χ0v) is 16.7. The molecule has 1 atom stereocenters. The number of aromatic nitrogens is 2. The maximum Gasteiger partial charge on any atom is 0.332 e. The van der Waals surface area contributed by atoms with E-state index in [9.17, 15) is 14.9 Å². The summed E-state index contributed by atoms with van der Waals surface area (Å²) in [5, 5.41) is 12.6. The second kappa shape index (κ2) is 8.44. The van der Waals surface area contributed by atoms with Crippen LogP contribution in [0.4, 0.5) is 5.82 Å². The molecule has 0 spiro atoms. The van der Waals surface area contributed by atoms with Gasteiger partial charge in [0.15, 0.2) is 5.56 Å². The molecule has 0 radical (unpaired) electrons. The van der Waals surface area contributed by atoms with Crippen molar-refractivity contribution in [2.45, 2.75) is 32.9 Å². The molecule has 1 aromatic carbocycles. The monoisotopic (exact) mass is 381 g/mol. The third-order valence-electron chi connectivity index (χ3n) is 5.48. The Bertz CT molecular complexity index is 1010. The third-order valence-corrected chi connectivity index (χ3v) is 5.48. The van der Waals surface area contributed by atoms with Crippen LogP contribution in [0.25, 0.3) is 0 Å².